The summed E-state index contributed by atoms with van der Waals surface area (Å²) >= 11 is 0. The molecule has 0 unspecified atom stereocenters. The number of anilines is 2. The van der Waals surface area contributed by atoms with Crippen molar-refractivity contribution >= 4 is 28.4 Å². The third-order valence-corrected chi connectivity index (χ3v) is 3.22. The molecule has 94 valence electrons. The number of halogens is 1. The quantitative estimate of drug-likeness (QED) is 0.837. The molecule has 2 aromatic rings. The first-order chi connectivity index (χ1) is 8.43. The lowest BCUT2D eigenvalue weighted by atomic mass is 10.3. The molecule has 0 atom stereocenters. The van der Waals surface area contributed by atoms with Crippen LogP contribution in [0.15, 0.2) is 60.7 Å². The van der Waals surface area contributed by atoms with Crippen LogP contribution < -0.4 is 9.80 Å². The van der Waals surface area contributed by atoms with Gasteiger partial charge in [-0.3, -0.25) is 0 Å². The molecule has 1 heterocycles. The highest BCUT2D eigenvalue weighted by Gasteiger charge is 2.19. The first kappa shape index (κ1) is 13.0. The normalized spacial score (nSPS) is 14.4. The van der Waals surface area contributed by atoms with Gasteiger partial charge in [0.05, 0.1) is 6.67 Å². The molecule has 18 heavy (non-hydrogen) atoms. The molecule has 3 heteroatoms. The van der Waals surface area contributed by atoms with Gasteiger partial charge in [-0.1, -0.05) is 36.4 Å². The van der Waals surface area contributed by atoms with Crippen molar-refractivity contribution in [1.82, 2.24) is 0 Å². The Kier molecular flexibility index (Phi) is 4.26. The van der Waals surface area contributed by atoms with Crippen LogP contribution in [0.3, 0.4) is 0 Å². The van der Waals surface area contributed by atoms with Crippen LogP contribution in [0.5, 0.6) is 0 Å². The lowest BCUT2D eigenvalue weighted by Gasteiger charge is -2.21. The molecule has 1 fully saturated rings. The lowest BCUT2D eigenvalue weighted by Crippen LogP contribution is -2.24. The van der Waals surface area contributed by atoms with Crippen molar-refractivity contribution < 1.29 is 0 Å². The molecule has 0 aliphatic carbocycles. The maximum Gasteiger partial charge on any atom is 0.0904 e. The molecule has 1 aliphatic rings. The molecule has 1 saturated heterocycles. The van der Waals surface area contributed by atoms with Crippen molar-refractivity contribution in [3.8, 4) is 0 Å². The summed E-state index contributed by atoms with van der Waals surface area (Å²) in [4.78, 5) is 4.82. The van der Waals surface area contributed by atoms with Crippen molar-refractivity contribution in [2.45, 2.75) is 0 Å². The van der Waals surface area contributed by atoms with Crippen LogP contribution in [-0.2, 0) is 0 Å². The first-order valence-corrected chi connectivity index (χ1v) is 6.03. The highest BCUT2D eigenvalue weighted by atomic mass is 79.9. The first-order valence-electron chi connectivity index (χ1n) is 6.03. The molecular formula is C15H17BrN2. The van der Waals surface area contributed by atoms with E-state index < -0.39 is 0 Å². The number of hydrogen-bond donors (Lipinski definition) is 0. The largest absolute Gasteiger partial charge is 0.352 e. The van der Waals surface area contributed by atoms with E-state index in [0.717, 1.165) is 19.8 Å². The Bertz CT molecular complexity index is 427. The number of para-hydroxylation sites is 2. The molecule has 0 saturated carbocycles. The molecule has 0 spiro atoms. The standard InChI is InChI=1S/C15H16N2.BrH/c1-3-7-14(8-4-1)16-11-12-17(13-16)15-9-5-2-6-10-15;/h1-10H,11-13H2;1H. The molecule has 0 radical (unpaired) electrons. The third kappa shape index (κ3) is 2.67. The highest BCUT2D eigenvalue weighted by molar-refractivity contribution is 8.93. The van der Waals surface area contributed by atoms with E-state index in [-0.39, 0.29) is 17.0 Å². The molecule has 2 aromatic carbocycles. The summed E-state index contributed by atoms with van der Waals surface area (Å²) in [7, 11) is 0. The molecule has 0 amide bonds. The zero-order valence-corrected chi connectivity index (χ0v) is 11.9. The molecular weight excluding hydrogens is 288 g/mol. The van der Waals surface area contributed by atoms with Crippen LogP contribution >= 0.6 is 17.0 Å². The van der Waals surface area contributed by atoms with Gasteiger partial charge in [-0.2, -0.15) is 0 Å². The van der Waals surface area contributed by atoms with Crippen LogP contribution in [-0.4, -0.2) is 19.8 Å². The van der Waals surface area contributed by atoms with Gasteiger partial charge in [-0.15, -0.1) is 17.0 Å². The fourth-order valence-electron chi connectivity index (χ4n) is 2.29. The molecule has 3 rings (SSSR count). The van der Waals surface area contributed by atoms with Crippen molar-refractivity contribution in [2.75, 3.05) is 29.6 Å². The minimum Gasteiger partial charge on any atom is -0.352 e. The summed E-state index contributed by atoms with van der Waals surface area (Å²) in [5.74, 6) is 0. The van der Waals surface area contributed by atoms with Crippen molar-refractivity contribution in [1.29, 1.82) is 0 Å². The number of hydrogen-bond acceptors (Lipinski definition) is 2. The maximum atomic E-state index is 2.41. The number of benzene rings is 2. The van der Waals surface area contributed by atoms with Crippen LogP contribution in [0.2, 0.25) is 0 Å². The predicted octanol–water partition coefficient (Wildman–Crippen LogP) is 3.55. The zero-order chi connectivity index (χ0) is 11.5. The Morgan fingerprint density at radius 3 is 1.39 bits per heavy atom. The Balaban J connectivity index is 0.00000120. The van der Waals surface area contributed by atoms with E-state index in [4.69, 9.17) is 0 Å². The Labute approximate surface area is 119 Å². The Hall–Kier alpha value is -1.48. The van der Waals surface area contributed by atoms with E-state index in [1.165, 1.54) is 11.4 Å². The van der Waals surface area contributed by atoms with E-state index in [1.807, 2.05) is 0 Å². The van der Waals surface area contributed by atoms with Crippen molar-refractivity contribution in [3.63, 3.8) is 0 Å². The Morgan fingerprint density at radius 1 is 0.611 bits per heavy atom. The van der Waals surface area contributed by atoms with E-state index in [2.05, 4.69) is 70.5 Å². The lowest BCUT2D eigenvalue weighted by molar-refractivity contribution is 0.949. The van der Waals surface area contributed by atoms with Gasteiger partial charge in [0.2, 0.25) is 0 Å². The van der Waals surface area contributed by atoms with Crippen molar-refractivity contribution in [2.24, 2.45) is 0 Å². The van der Waals surface area contributed by atoms with E-state index in [9.17, 15) is 0 Å². The minimum atomic E-state index is 0. The van der Waals surface area contributed by atoms with Crippen LogP contribution in [0.1, 0.15) is 0 Å². The smallest absolute Gasteiger partial charge is 0.0904 e. The Morgan fingerprint density at radius 2 is 1.00 bits per heavy atom. The topological polar surface area (TPSA) is 6.48 Å². The average molecular weight is 305 g/mol. The molecule has 2 nitrogen and oxygen atoms in total. The second kappa shape index (κ2) is 5.91. The SMILES string of the molecule is Br.c1ccc(N2CCN(c3ccccc3)C2)cc1. The summed E-state index contributed by atoms with van der Waals surface area (Å²) < 4.78 is 0. The summed E-state index contributed by atoms with van der Waals surface area (Å²) in [6, 6.07) is 21.2. The van der Waals surface area contributed by atoms with Crippen LogP contribution in [0.4, 0.5) is 11.4 Å². The minimum absolute atomic E-state index is 0. The van der Waals surface area contributed by atoms with Crippen molar-refractivity contribution in [3.05, 3.63) is 60.7 Å². The van der Waals surface area contributed by atoms with Gasteiger partial charge in [0.25, 0.3) is 0 Å². The molecule has 0 bridgehead atoms. The maximum absolute atomic E-state index is 2.41. The summed E-state index contributed by atoms with van der Waals surface area (Å²) in [6.45, 7) is 3.17. The highest BCUT2D eigenvalue weighted by Crippen LogP contribution is 2.22. The van der Waals surface area contributed by atoms with Gasteiger partial charge in [-0.25, -0.2) is 0 Å². The zero-order valence-electron chi connectivity index (χ0n) is 10.2. The summed E-state index contributed by atoms with van der Waals surface area (Å²) in [5, 5.41) is 0. The number of rotatable bonds is 2. The molecule has 0 N–H and O–H groups in total. The summed E-state index contributed by atoms with van der Waals surface area (Å²) in [6.07, 6.45) is 0. The second-order valence-corrected chi connectivity index (χ2v) is 4.34. The van der Waals surface area contributed by atoms with Gasteiger partial charge in [-0.05, 0) is 24.3 Å². The van der Waals surface area contributed by atoms with Gasteiger partial charge in [0.15, 0.2) is 0 Å². The van der Waals surface area contributed by atoms with Crippen LogP contribution in [0.25, 0.3) is 0 Å². The predicted molar refractivity (Wildman–Crippen MR) is 82.8 cm³/mol. The van der Waals surface area contributed by atoms with Gasteiger partial charge in [0, 0.05) is 24.5 Å². The van der Waals surface area contributed by atoms with Crippen LogP contribution in [0, 0.1) is 0 Å². The summed E-state index contributed by atoms with van der Waals surface area (Å²) in [5.41, 5.74) is 2.62. The van der Waals surface area contributed by atoms with E-state index in [0.29, 0.717) is 0 Å². The van der Waals surface area contributed by atoms with E-state index >= 15 is 0 Å². The fourth-order valence-corrected chi connectivity index (χ4v) is 2.29. The van der Waals surface area contributed by atoms with Gasteiger partial charge >= 0.3 is 0 Å². The fraction of sp³-hybridized carbons (Fsp3) is 0.200. The molecule has 0 aromatic heterocycles. The average Bonchev–Trinajstić information content (AvgIpc) is 2.90. The monoisotopic (exact) mass is 304 g/mol. The molecule has 1 aliphatic heterocycles. The van der Waals surface area contributed by atoms with E-state index in [1.54, 1.807) is 0 Å². The third-order valence-electron chi connectivity index (χ3n) is 3.22. The second-order valence-electron chi connectivity index (χ2n) is 4.34. The van der Waals surface area contributed by atoms with Gasteiger partial charge < -0.3 is 9.80 Å². The number of nitrogens with zero attached hydrogens (tertiary/aromatic N) is 2. The van der Waals surface area contributed by atoms with Gasteiger partial charge in [0.1, 0.15) is 0 Å².